The number of nitrogens with two attached hydrogens (primary N) is 1. The van der Waals surface area contributed by atoms with Crippen LogP contribution >= 0.6 is 23.1 Å². The summed E-state index contributed by atoms with van der Waals surface area (Å²) in [4.78, 5) is 23.4. The van der Waals surface area contributed by atoms with Gasteiger partial charge in [0, 0.05) is 6.08 Å². The fraction of sp³-hybridized carbons (Fsp3) is 0.0909. The average molecular weight is 294 g/mol. The van der Waals surface area contributed by atoms with Crippen LogP contribution in [-0.2, 0) is 9.59 Å². The lowest BCUT2D eigenvalue weighted by atomic mass is 10.3. The number of hydrogen-bond acceptors (Lipinski definition) is 6. The first-order valence-electron chi connectivity index (χ1n) is 5.22. The molecule has 2 rings (SSSR count). The lowest BCUT2D eigenvalue weighted by Gasteiger charge is -1.93. The fourth-order valence-electron chi connectivity index (χ4n) is 1.26. The van der Waals surface area contributed by atoms with Gasteiger partial charge in [-0.2, -0.15) is 5.10 Å². The molecule has 2 heterocycles. The smallest absolute Gasteiger partial charge is 0.264 e. The van der Waals surface area contributed by atoms with Crippen LogP contribution in [0.1, 0.15) is 11.8 Å². The number of primary amides is 1. The normalized spacial score (nSPS) is 20.1. The van der Waals surface area contributed by atoms with E-state index in [9.17, 15) is 9.59 Å². The summed E-state index contributed by atoms with van der Waals surface area (Å²) in [7, 11) is 0. The largest absolute Gasteiger partial charge is 0.366 e. The maximum Gasteiger partial charge on any atom is 0.264 e. The summed E-state index contributed by atoms with van der Waals surface area (Å²) in [5.41, 5.74) is 5.75. The van der Waals surface area contributed by atoms with Crippen LogP contribution in [-0.4, -0.2) is 22.7 Å². The van der Waals surface area contributed by atoms with Crippen LogP contribution in [0, 0.1) is 0 Å². The zero-order valence-electron chi connectivity index (χ0n) is 9.91. The maximum absolute atomic E-state index is 11.5. The second-order valence-corrected chi connectivity index (χ2v) is 5.51. The van der Waals surface area contributed by atoms with Crippen molar-refractivity contribution in [1.82, 2.24) is 5.32 Å². The summed E-state index contributed by atoms with van der Waals surface area (Å²) >= 11 is 2.59. The van der Waals surface area contributed by atoms with Gasteiger partial charge in [0.2, 0.25) is 5.91 Å². The fourth-order valence-corrected chi connectivity index (χ4v) is 2.68. The van der Waals surface area contributed by atoms with Gasteiger partial charge in [-0.05, 0) is 30.1 Å². The molecule has 0 unspecified atom stereocenters. The van der Waals surface area contributed by atoms with E-state index in [1.807, 2.05) is 24.4 Å². The van der Waals surface area contributed by atoms with Crippen molar-refractivity contribution in [1.29, 1.82) is 0 Å². The van der Waals surface area contributed by atoms with E-state index in [2.05, 4.69) is 15.5 Å². The van der Waals surface area contributed by atoms with Gasteiger partial charge in [0.1, 0.15) is 0 Å². The zero-order chi connectivity index (χ0) is 13.8. The van der Waals surface area contributed by atoms with Gasteiger partial charge in [0.05, 0.1) is 15.5 Å². The molecule has 0 radical (unpaired) electrons. The second-order valence-electron chi connectivity index (χ2n) is 3.54. The Morgan fingerprint density at radius 3 is 2.95 bits per heavy atom. The van der Waals surface area contributed by atoms with E-state index in [1.54, 1.807) is 11.3 Å². The number of carbonyl (C=O) groups excluding carboxylic acids is 2. The van der Waals surface area contributed by atoms with Crippen molar-refractivity contribution in [3.05, 3.63) is 33.4 Å². The Labute approximate surface area is 117 Å². The third-order valence-electron chi connectivity index (χ3n) is 2.09. The van der Waals surface area contributed by atoms with Crippen LogP contribution in [0.25, 0.3) is 0 Å². The van der Waals surface area contributed by atoms with Crippen LogP contribution in [0.5, 0.6) is 0 Å². The molecule has 1 aromatic rings. The van der Waals surface area contributed by atoms with E-state index in [-0.39, 0.29) is 4.91 Å². The summed E-state index contributed by atoms with van der Waals surface area (Å²) in [5, 5.41) is 12.7. The summed E-state index contributed by atoms with van der Waals surface area (Å²) < 4.78 is 0. The Morgan fingerprint density at radius 2 is 2.32 bits per heavy atom. The Morgan fingerprint density at radius 1 is 1.53 bits per heavy atom. The summed E-state index contributed by atoms with van der Waals surface area (Å²) in [6, 6.07) is 3.86. The monoisotopic (exact) mass is 294 g/mol. The van der Waals surface area contributed by atoms with Gasteiger partial charge >= 0.3 is 0 Å². The van der Waals surface area contributed by atoms with E-state index >= 15 is 0 Å². The highest BCUT2D eigenvalue weighted by Gasteiger charge is 2.24. The number of hydrogen-bond donors (Lipinski definition) is 2. The molecule has 6 nitrogen and oxygen atoms in total. The lowest BCUT2D eigenvalue weighted by Crippen LogP contribution is -2.20. The van der Waals surface area contributed by atoms with Crippen LogP contribution in [0.4, 0.5) is 0 Å². The molecule has 1 aliphatic heterocycles. The molecule has 98 valence electrons. The Hall–Kier alpha value is -1.93. The maximum atomic E-state index is 11.5. The molecule has 2 amide bonds. The van der Waals surface area contributed by atoms with E-state index in [0.29, 0.717) is 5.17 Å². The molecule has 1 saturated heterocycles. The number of thioether (sulfide) groups is 1. The quantitative estimate of drug-likeness (QED) is 0.495. The molecule has 0 saturated carbocycles. The molecular formula is C11H10N4O2S2. The van der Waals surface area contributed by atoms with Crippen molar-refractivity contribution in [2.24, 2.45) is 15.9 Å². The van der Waals surface area contributed by atoms with E-state index in [0.717, 1.165) is 28.4 Å². The van der Waals surface area contributed by atoms with Crippen LogP contribution in [0.2, 0.25) is 0 Å². The standard InChI is InChI=1S/C11H10N4O2S2/c1-6(7-3-2-4-18-7)14-15-11-13-10(17)8(19-11)5-9(12)16/h2-5H,1H3,(H2,12,16)(H,13,15,17)/b8-5-,14-6-. The highest BCUT2D eigenvalue weighted by molar-refractivity contribution is 8.18. The summed E-state index contributed by atoms with van der Waals surface area (Å²) in [6.45, 7) is 1.83. The van der Waals surface area contributed by atoms with Crippen molar-refractivity contribution in [2.75, 3.05) is 0 Å². The minimum Gasteiger partial charge on any atom is -0.366 e. The van der Waals surface area contributed by atoms with Gasteiger partial charge in [0.25, 0.3) is 5.91 Å². The molecule has 1 fully saturated rings. The number of rotatable bonds is 3. The first-order chi connectivity index (χ1) is 9.06. The molecule has 1 aromatic heterocycles. The minimum absolute atomic E-state index is 0.218. The van der Waals surface area contributed by atoms with Gasteiger partial charge in [-0.1, -0.05) is 6.07 Å². The first-order valence-corrected chi connectivity index (χ1v) is 6.92. The van der Waals surface area contributed by atoms with Gasteiger partial charge in [-0.3, -0.25) is 14.9 Å². The van der Waals surface area contributed by atoms with Crippen molar-refractivity contribution < 1.29 is 9.59 Å². The number of amidine groups is 1. The van der Waals surface area contributed by atoms with Gasteiger partial charge in [-0.15, -0.1) is 16.4 Å². The predicted molar refractivity (Wildman–Crippen MR) is 77.0 cm³/mol. The molecule has 1 aliphatic rings. The highest BCUT2D eigenvalue weighted by Crippen LogP contribution is 2.23. The molecule has 0 aromatic carbocycles. The molecule has 3 N–H and O–H groups in total. The van der Waals surface area contributed by atoms with Crippen molar-refractivity contribution in [3.8, 4) is 0 Å². The van der Waals surface area contributed by atoms with Gasteiger partial charge < -0.3 is 5.73 Å². The van der Waals surface area contributed by atoms with Crippen molar-refractivity contribution in [3.63, 3.8) is 0 Å². The van der Waals surface area contributed by atoms with E-state index in [4.69, 9.17) is 5.73 Å². The molecule has 8 heteroatoms. The Balaban J connectivity index is 2.12. The lowest BCUT2D eigenvalue weighted by molar-refractivity contribution is -0.116. The molecule has 0 bridgehead atoms. The second kappa shape index (κ2) is 5.81. The minimum atomic E-state index is -0.669. The number of nitrogens with zero attached hydrogens (tertiary/aromatic N) is 2. The highest BCUT2D eigenvalue weighted by atomic mass is 32.2. The first kappa shape index (κ1) is 13.5. The average Bonchev–Trinajstić information content (AvgIpc) is 2.96. The van der Waals surface area contributed by atoms with Crippen molar-refractivity contribution in [2.45, 2.75) is 6.92 Å². The van der Waals surface area contributed by atoms with E-state index in [1.165, 1.54) is 0 Å². The Kier molecular flexibility index (Phi) is 4.13. The molecule has 0 spiro atoms. The predicted octanol–water partition coefficient (Wildman–Crippen LogP) is 1.06. The van der Waals surface area contributed by atoms with Crippen molar-refractivity contribution >= 4 is 45.8 Å². The third kappa shape index (κ3) is 3.52. The van der Waals surface area contributed by atoms with Crippen LogP contribution < -0.4 is 11.1 Å². The molecule has 19 heavy (non-hydrogen) atoms. The topological polar surface area (TPSA) is 96.9 Å². The zero-order valence-corrected chi connectivity index (χ0v) is 11.5. The third-order valence-corrected chi connectivity index (χ3v) is 3.97. The molecular weight excluding hydrogens is 284 g/mol. The van der Waals surface area contributed by atoms with Gasteiger partial charge in [-0.25, -0.2) is 0 Å². The summed E-state index contributed by atoms with van der Waals surface area (Å²) in [6.07, 6.45) is 1.07. The van der Waals surface area contributed by atoms with Crippen LogP contribution in [0.3, 0.4) is 0 Å². The number of thiophene rings is 1. The number of nitrogens with one attached hydrogen (secondary N) is 1. The number of amides is 2. The van der Waals surface area contributed by atoms with Gasteiger partial charge in [0.15, 0.2) is 5.17 Å². The Bertz CT molecular complexity index is 602. The van der Waals surface area contributed by atoms with E-state index < -0.39 is 11.8 Å². The SMILES string of the molecule is C/C(=N/N=C1/NC(=O)/C(=C/C(N)=O)S1)c1cccs1. The molecule has 0 aliphatic carbocycles. The molecule has 0 atom stereocenters. The summed E-state index contributed by atoms with van der Waals surface area (Å²) in [5.74, 6) is -1.07. The number of carbonyl (C=O) groups is 2. The van der Waals surface area contributed by atoms with Crippen LogP contribution in [0.15, 0.2) is 38.7 Å².